The van der Waals surface area contributed by atoms with Crippen LogP contribution in [0.25, 0.3) is 11.4 Å². The van der Waals surface area contributed by atoms with Crippen molar-refractivity contribution in [3.8, 4) is 11.4 Å². The molecule has 0 unspecified atom stereocenters. The van der Waals surface area contributed by atoms with Gasteiger partial charge in [0, 0.05) is 38.3 Å². The second-order valence-corrected chi connectivity index (χ2v) is 6.93. The quantitative estimate of drug-likeness (QED) is 0.833. The molecule has 2 aliphatic rings. The van der Waals surface area contributed by atoms with Crippen LogP contribution in [0.4, 0.5) is 0 Å². The highest BCUT2D eigenvalue weighted by Gasteiger charge is 2.30. The maximum atomic E-state index is 12.4. The molecular formula is C19H24N4O3. The number of nitrogens with zero attached hydrogens (tertiary/aromatic N) is 4. The summed E-state index contributed by atoms with van der Waals surface area (Å²) in [5.74, 6) is 1.38. The molecule has 2 saturated heterocycles. The Morgan fingerprint density at radius 3 is 2.77 bits per heavy atom. The summed E-state index contributed by atoms with van der Waals surface area (Å²) in [6.07, 6.45) is 1.61. The zero-order valence-electron chi connectivity index (χ0n) is 15.1. The number of piperazine rings is 1. The number of hydrogen-bond acceptors (Lipinski definition) is 6. The van der Waals surface area contributed by atoms with Gasteiger partial charge < -0.3 is 14.2 Å². The molecule has 7 nitrogen and oxygen atoms in total. The van der Waals surface area contributed by atoms with Gasteiger partial charge in [0.25, 0.3) is 5.91 Å². The van der Waals surface area contributed by atoms with Crippen LogP contribution in [-0.4, -0.2) is 64.7 Å². The molecule has 1 aromatic carbocycles. The van der Waals surface area contributed by atoms with Crippen molar-refractivity contribution in [1.29, 1.82) is 0 Å². The number of carbonyl (C=O) groups excluding carboxylic acids is 1. The summed E-state index contributed by atoms with van der Waals surface area (Å²) in [5, 5.41) is 4.11. The first-order chi connectivity index (χ1) is 12.7. The van der Waals surface area contributed by atoms with Crippen LogP contribution in [0.2, 0.25) is 0 Å². The second-order valence-electron chi connectivity index (χ2n) is 6.93. The van der Waals surface area contributed by atoms with E-state index in [0.29, 0.717) is 24.9 Å². The fraction of sp³-hybridized carbons (Fsp3) is 0.526. The van der Waals surface area contributed by atoms with Gasteiger partial charge in [0.2, 0.25) is 11.7 Å². The van der Waals surface area contributed by atoms with Gasteiger partial charge in [-0.25, -0.2) is 0 Å². The molecule has 0 aliphatic carbocycles. The highest BCUT2D eigenvalue weighted by atomic mass is 16.5. The second kappa shape index (κ2) is 7.55. The van der Waals surface area contributed by atoms with E-state index in [2.05, 4.69) is 15.0 Å². The van der Waals surface area contributed by atoms with E-state index in [0.717, 1.165) is 50.1 Å². The van der Waals surface area contributed by atoms with E-state index in [9.17, 15) is 4.79 Å². The van der Waals surface area contributed by atoms with E-state index in [1.807, 2.05) is 36.1 Å². The summed E-state index contributed by atoms with van der Waals surface area (Å²) >= 11 is 0. The number of benzene rings is 1. The van der Waals surface area contributed by atoms with Gasteiger partial charge in [-0.3, -0.25) is 9.69 Å². The Morgan fingerprint density at radius 1 is 1.23 bits per heavy atom. The van der Waals surface area contributed by atoms with E-state index in [4.69, 9.17) is 9.26 Å². The van der Waals surface area contributed by atoms with Gasteiger partial charge in [0.05, 0.1) is 6.54 Å². The van der Waals surface area contributed by atoms with Crippen molar-refractivity contribution in [2.24, 2.45) is 0 Å². The number of aryl methyl sites for hydroxylation is 1. The molecule has 0 bridgehead atoms. The largest absolute Gasteiger partial charge is 0.368 e. The third kappa shape index (κ3) is 3.64. The van der Waals surface area contributed by atoms with Gasteiger partial charge >= 0.3 is 0 Å². The van der Waals surface area contributed by atoms with Crippen LogP contribution in [0.1, 0.15) is 24.3 Å². The summed E-state index contributed by atoms with van der Waals surface area (Å²) in [7, 11) is 0. The van der Waals surface area contributed by atoms with Gasteiger partial charge in [-0.1, -0.05) is 29.4 Å². The van der Waals surface area contributed by atoms with Crippen molar-refractivity contribution in [2.45, 2.75) is 32.4 Å². The number of ether oxygens (including phenoxy) is 1. The summed E-state index contributed by atoms with van der Waals surface area (Å²) in [6, 6.07) is 8.01. The average Bonchev–Trinajstić information content (AvgIpc) is 3.34. The summed E-state index contributed by atoms with van der Waals surface area (Å²) < 4.78 is 10.9. The van der Waals surface area contributed by atoms with Crippen molar-refractivity contribution in [1.82, 2.24) is 19.9 Å². The molecule has 1 amide bonds. The smallest absolute Gasteiger partial charge is 0.251 e. The molecule has 0 saturated carbocycles. The third-order valence-electron chi connectivity index (χ3n) is 5.10. The first kappa shape index (κ1) is 17.2. The number of carbonyl (C=O) groups is 1. The van der Waals surface area contributed by atoms with E-state index in [1.54, 1.807) is 0 Å². The minimum Gasteiger partial charge on any atom is -0.368 e. The van der Waals surface area contributed by atoms with Crippen molar-refractivity contribution in [3.63, 3.8) is 0 Å². The Bertz CT molecular complexity index is 762. The molecule has 26 heavy (non-hydrogen) atoms. The maximum Gasteiger partial charge on any atom is 0.251 e. The normalized spacial score (nSPS) is 21.3. The molecule has 4 rings (SSSR count). The van der Waals surface area contributed by atoms with Crippen molar-refractivity contribution in [3.05, 3.63) is 35.7 Å². The lowest BCUT2D eigenvalue weighted by molar-refractivity contribution is -0.142. The molecule has 2 aromatic rings. The van der Waals surface area contributed by atoms with E-state index in [1.165, 1.54) is 0 Å². The summed E-state index contributed by atoms with van der Waals surface area (Å²) in [5.41, 5.74) is 2.12. The molecule has 1 aromatic heterocycles. The van der Waals surface area contributed by atoms with Crippen LogP contribution < -0.4 is 0 Å². The van der Waals surface area contributed by atoms with Gasteiger partial charge in [0.15, 0.2) is 0 Å². The van der Waals surface area contributed by atoms with Gasteiger partial charge in [0.1, 0.15) is 6.10 Å². The average molecular weight is 356 g/mol. The predicted octanol–water partition coefficient (Wildman–Crippen LogP) is 1.87. The van der Waals surface area contributed by atoms with Gasteiger partial charge in [-0.2, -0.15) is 4.98 Å². The SMILES string of the molecule is Cc1ccccc1-c1noc(CN2CCN(C(=O)[C@@H]3CCCO3)CC2)n1. The molecule has 1 atom stereocenters. The Labute approximate surface area is 152 Å². The lowest BCUT2D eigenvalue weighted by Crippen LogP contribution is -2.51. The molecule has 7 heteroatoms. The monoisotopic (exact) mass is 356 g/mol. The standard InChI is InChI=1S/C19H24N4O3/c1-14-5-2-3-6-15(14)18-20-17(26-21-18)13-22-8-10-23(11-9-22)19(24)16-7-4-12-25-16/h2-3,5-6,16H,4,7-13H2,1H3/t16-/m0/s1. The zero-order chi connectivity index (χ0) is 17.9. The highest BCUT2D eigenvalue weighted by Crippen LogP contribution is 2.21. The van der Waals surface area contributed by atoms with E-state index in [-0.39, 0.29) is 12.0 Å². The van der Waals surface area contributed by atoms with Crippen LogP contribution >= 0.6 is 0 Å². The number of hydrogen-bond donors (Lipinski definition) is 0. The minimum absolute atomic E-state index is 0.141. The van der Waals surface area contributed by atoms with Crippen molar-refractivity contribution >= 4 is 5.91 Å². The Hall–Kier alpha value is -2.25. The summed E-state index contributed by atoms with van der Waals surface area (Å²) in [6.45, 7) is 6.41. The number of rotatable bonds is 4. The van der Waals surface area contributed by atoms with Crippen LogP contribution in [0.5, 0.6) is 0 Å². The molecule has 3 heterocycles. The Morgan fingerprint density at radius 2 is 2.04 bits per heavy atom. The first-order valence-electron chi connectivity index (χ1n) is 9.22. The number of aromatic nitrogens is 2. The lowest BCUT2D eigenvalue weighted by atomic mass is 10.1. The fourth-order valence-corrected chi connectivity index (χ4v) is 3.55. The molecule has 138 valence electrons. The van der Waals surface area contributed by atoms with Crippen molar-refractivity contribution in [2.75, 3.05) is 32.8 Å². The zero-order valence-corrected chi connectivity index (χ0v) is 15.1. The third-order valence-corrected chi connectivity index (χ3v) is 5.10. The topological polar surface area (TPSA) is 71.7 Å². The number of amides is 1. The van der Waals surface area contributed by atoms with E-state index >= 15 is 0 Å². The van der Waals surface area contributed by atoms with Gasteiger partial charge in [-0.15, -0.1) is 0 Å². The molecule has 0 N–H and O–H groups in total. The lowest BCUT2D eigenvalue weighted by Gasteiger charge is -2.35. The maximum absolute atomic E-state index is 12.4. The predicted molar refractivity (Wildman–Crippen MR) is 95.3 cm³/mol. The molecule has 2 aliphatic heterocycles. The van der Waals surface area contributed by atoms with E-state index < -0.39 is 0 Å². The van der Waals surface area contributed by atoms with Crippen LogP contribution in [0.15, 0.2) is 28.8 Å². The first-order valence-corrected chi connectivity index (χ1v) is 9.22. The molecule has 0 spiro atoms. The fourth-order valence-electron chi connectivity index (χ4n) is 3.55. The summed E-state index contributed by atoms with van der Waals surface area (Å²) in [4.78, 5) is 21.1. The van der Waals surface area contributed by atoms with Gasteiger partial charge in [-0.05, 0) is 25.3 Å². The minimum atomic E-state index is -0.228. The van der Waals surface area contributed by atoms with Crippen LogP contribution in [0, 0.1) is 6.92 Å². The van der Waals surface area contributed by atoms with Crippen molar-refractivity contribution < 1.29 is 14.1 Å². The molecule has 2 fully saturated rings. The highest BCUT2D eigenvalue weighted by molar-refractivity contribution is 5.81. The van der Waals surface area contributed by atoms with Crippen LogP contribution in [0.3, 0.4) is 0 Å². The molecule has 0 radical (unpaired) electrons. The molecular weight excluding hydrogens is 332 g/mol. The Balaban J connectivity index is 1.32. The van der Waals surface area contributed by atoms with Crippen LogP contribution in [-0.2, 0) is 16.1 Å². The Kier molecular flexibility index (Phi) is 4.99.